The van der Waals surface area contributed by atoms with Gasteiger partial charge in [-0.3, -0.25) is 4.98 Å². The zero-order valence-corrected chi connectivity index (χ0v) is 14.8. The Bertz CT molecular complexity index is 1090. The first-order valence-corrected chi connectivity index (χ1v) is 8.27. The SMILES string of the molecule is COC(=O)c1cc(C=CC(=O)O)c2cc(Cc3ccc(F)cc3)cnc2c1O. The molecule has 3 aromatic rings. The summed E-state index contributed by atoms with van der Waals surface area (Å²) in [5.74, 6) is -2.60. The van der Waals surface area contributed by atoms with Crippen molar-refractivity contribution in [3.63, 3.8) is 0 Å². The molecular formula is C21H16FNO5. The van der Waals surface area contributed by atoms with Gasteiger partial charge in [-0.15, -0.1) is 0 Å². The van der Waals surface area contributed by atoms with Crippen molar-refractivity contribution in [2.45, 2.75) is 6.42 Å². The third kappa shape index (κ3) is 3.98. The molecule has 0 unspecified atom stereocenters. The molecule has 7 heteroatoms. The lowest BCUT2D eigenvalue weighted by Gasteiger charge is -2.11. The number of methoxy groups -OCH3 is 1. The standard InChI is InChI=1S/C21H16FNO5/c1-28-21(27)17-10-14(4-7-18(24)25)16-9-13(11-23-19(16)20(17)26)8-12-2-5-15(22)6-3-12/h2-7,9-11,26H,8H2,1H3,(H,24,25). The van der Waals surface area contributed by atoms with Crippen LogP contribution in [-0.4, -0.2) is 34.2 Å². The summed E-state index contributed by atoms with van der Waals surface area (Å²) >= 11 is 0. The lowest BCUT2D eigenvalue weighted by atomic mass is 9.99. The number of rotatable bonds is 5. The molecule has 2 aromatic carbocycles. The van der Waals surface area contributed by atoms with Crippen molar-refractivity contribution in [2.75, 3.05) is 7.11 Å². The van der Waals surface area contributed by atoms with Gasteiger partial charge in [-0.2, -0.15) is 0 Å². The quantitative estimate of drug-likeness (QED) is 0.518. The van der Waals surface area contributed by atoms with Crippen LogP contribution in [0.2, 0.25) is 0 Å². The summed E-state index contributed by atoms with van der Waals surface area (Å²) in [7, 11) is 1.18. The minimum atomic E-state index is -1.16. The number of carbonyl (C=O) groups is 2. The van der Waals surface area contributed by atoms with E-state index in [4.69, 9.17) is 5.11 Å². The number of halogens is 1. The summed E-state index contributed by atoms with van der Waals surface area (Å²) in [6.45, 7) is 0. The first kappa shape index (κ1) is 19.0. The number of hydrogen-bond donors (Lipinski definition) is 2. The van der Waals surface area contributed by atoms with Gasteiger partial charge < -0.3 is 14.9 Å². The number of nitrogens with zero attached hydrogens (tertiary/aromatic N) is 1. The average Bonchev–Trinajstić information content (AvgIpc) is 2.68. The number of aliphatic carboxylic acids is 1. The first-order chi connectivity index (χ1) is 13.4. The van der Waals surface area contributed by atoms with Crippen molar-refractivity contribution in [3.05, 3.63) is 76.7 Å². The number of aromatic nitrogens is 1. The number of phenolic OH excluding ortho intramolecular Hbond substituents is 1. The van der Waals surface area contributed by atoms with Crippen molar-refractivity contribution in [1.82, 2.24) is 4.98 Å². The van der Waals surface area contributed by atoms with Crippen LogP contribution in [0.5, 0.6) is 5.75 Å². The summed E-state index contributed by atoms with van der Waals surface area (Å²) in [4.78, 5) is 27.1. The summed E-state index contributed by atoms with van der Waals surface area (Å²) in [5, 5.41) is 19.8. The zero-order chi connectivity index (χ0) is 20.3. The highest BCUT2D eigenvalue weighted by Gasteiger charge is 2.18. The van der Waals surface area contributed by atoms with E-state index in [-0.39, 0.29) is 22.6 Å². The molecule has 1 heterocycles. The smallest absolute Gasteiger partial charge is 0.341 e. The summed E-state index contributed by atoms with van der Waals surface area (Å²) in [6, 6.07) is 9.13. The number of ether oxygens (including phenoxy) is 1. The number of carboxylic acid groups (broad SMARTS) is 1. The Kier molecular flexibility index (Phi) is 5.35. The van der Waals surface area contributed by atoms with Crippen LogP contribution < -0.4 is 0 Å². The third-order valence-corrected chi connectivity index (χ3v) is 4.17. The maximum absolute atomic E-state index is 13.1. The van der Waals surface area contributed by atoms with E-state index in [2.05, 4.69) is 9.72 Å². The van der Waals surface area contributed by atoms with E-state index in [9.17, 15) is 19.1 Å². The summed E-state index contributed by atoms with van der Waals surface area (Å²) in [6.07, 6.45) is 4.25. The van der Waals surface area contributed by atoms with Gasteiger partial charge in [0, 0.05) is 17.7 Å². The highest BCUT2D eigenvalue weighted by Crippen LogP contribution is 2.32. The molecular weight excluding hydrogens is 365 g/mol. The Balaban J connectivity index is 2.14. The predicted molar refractivity (Wildman–Crippen MR) is 101 cm³/mol. The monoisotopic (exact) mass is 381 g/mol. The molecule has 6 nitrogen and oxygen atoms in total. The van der Waals surface area contributed by atoms with Crippen LogP contribution in [0, 0.1) is 5.82 Å². The van der Waals surface area contributed by atoms with Gasteiger partial charge in [0.05, 0.1) is 7.11 Å². The van der Waals surface area contributed by atoms with Crippen LogP contribution in [0.1, 0.15) is 27.0 Å². The number of carboxylic acids is 1. The topological polar surface area (TPSA) is 96.7 Å². The van der Waals surface area contributed by atoms with E-state index < -0.39 is 11.9 Å². The second-order valence-corrected chi connectivity index (χ2v) is 6.07. The highest BCUT2D eigenvalue weighted by atomic mass is 19.1. The molecule has 0 spiro atoms. The highest BCUT2D eigenvalue weighted by molar-refractivity contribution is 6.04. The van der Waals surface area contributed by atoms with Gasteiger partial charge in [0.25, 0.3) is 0 Å². The van der Waals surface area contributed by atoms with Gasteiger partial charge in [-0.25, -0.2) is 14.0 Å². The van der Waals surface area contributed by atoms with Crippen molar-refractivity contribution >= 4 is 28.9 Å². The summed E-state index contributed by atoms with van der Waals surface area (Å²) in [5.41, 5.74) is 2.06. The van der Waals surface area contributed by atoms with Gasteiger partial charge in [0.2, 0.25) is 0 Å². The normalized spacial score (nSPS) is 11.1. The molecule has 0 aliphatic carbocycles. The van der Waals surface area contributed by atoms with Gasteiger partial charge >= 0.3 is 11.9 Å². The number of pyridine rings is 1. The molecule has 28 heavy (non-hydrogen) atoms. The van der Waals surface area contributed by atoms with Gasteiger partial charge in [0.1, 0.15) is 16.9 Å². The van der Waals surface area contributed by atoms with Crippen LogP contribution in [0.4, 0.5) is 4.39 Å². The van der Waals surface area contributed by atoms with Crippen molar-refractivity contribution in [3.8, 4) is 5.75 Å². The van der Waals surface area contributed by atoms with Crippen LogP contribution in [0.15, 0.2) is 48.7 Å². The van der Waals surface area contributed by atoms with E-state index in [1.165, 1.54) is 37.6 Å². The van der Waals surface area contributed by atoms with E-state index in [1.807, 2.05) is 0 Å². The molecule has 0 saturated heterocycles. The van der Waals surface area contributed by atoms with Gasteiger partial charge in [0.15, 0.2) is 5.75 Å². The Labute approximate surface area is 159 Å². The Morgan fingerprint density at radius 3 is 2.54 bits per heavy atom. The fraction of sp³-hybridized carbons (Fsp3) is 0.0952. The molecule has 0 fully saturated rings. The predicted octanol–water partition coefficient (Wildman–Crippen LogP) is 3.55. The number of carbonyl (C=O) groups excluding carboxylic acids is 1. The molecule has 0 bridgehead atoms. The molecule has 3 rings (SSSR count). The minimum Gasteiger partial charge on any atom is -0.505 e. The number of esters is 1. The molecule has 142 valence electrons. The Morgan fingerprint density at radius 1 is 1.18 bits per heavy atom. The van der Waals surface area contributed by atoms with Crippen LogP contribution >= 0.6 is 0 Å². The zero-order valence-electron chi connectivity index (χ0n) is 14.8. The third-order valence-electron chi connectivity index (χ3n) is 4.17. The lowest BCUT2D eigenvalue weighted by molar-refractivity contribution is -0.131. The Hall–Kier alpha value is -3.74. The number of phenols is 1. The summed E-state index contributed by atoms with van der Waals surface area (Å²) < 4.78 is 17.7. The van der Waals surface area contributed by atoms with Crippen LogP contribution in [-0.2, 0) is 16.0 Å². The minimum absolute atomic E-state index is 0.112. The van der Waals surface area contributed by atoms with Gasteiger partial charge in [-0.1, -0.05) is 12.1 Å². The van der Waals surface area contributed by atoms with Crippen LogP contribution in [0.3, 0.4) is 0 Å². The number of hydrogen-bond acceptors (Lipinski definition) is 5. The van der Waals surface area contributed by atoms with E-state index in [1.54, 1.807) is 18.2 Å². The molecule has 1 aromatic heterocycles. The lowest BCUT2D eigenvalue weighted by Crippen LogP contribution is -2.03. The Morgan fingerprint density at radius 2 is 1.89 bits per heavy atom. The molecule has 2 N–H and O–H groups in total. The van der Waals surface area contributed by atoms with Gasteiger partial charge in [-0.05, 0) is 53.5 Å². The maximum Gasteiger partial charge on any atom is 0.341 e. The van der Waals surface area contributed by atoms with Crippen LogP contribution in [0.25, 0.3) is 17.0 Å². The molecule has 0 saturated carbocycles. The second kappa shape index (κ2) is 7.87. The van der Waals surface area contributed by atoms with E-state index in [0.717, 1.165) is 17.2 Å². The fourth-order valence-corrected chi connectivity index (χ4v) is 2.85. The largest absolute Gasteiger partial charge is 0.505 e. The van der Waals surface area contributed by atoms with Crippen molar-refractivity contribution in [2.24, 2.45) is 0 Å². The first-order valence-electron chi connectivity index (χ1n) is 8.27. The van der Waals surface area contributed by atoms with E-state index in [0.29, 0.717) is 17.4 Å². The molecule has 0 aliphatic rings. The molecule has 0 amide bonds. The number of benzene rings is 2. The fourth-order valence-electron chi connectivity index (χ4n) is 2.85. The maximum atomic E-state index is 13.1. The molecule has 0 radical (unpaired) electrons. The number of aromatic hydroxyl groups is 1. The van der Waals surface area contributed by atoms with Crippen molar-refractivity contribution < 1.29 is 28.9 Å². The molecule has 0 atom stereocenters. The average molecular weight is 381 g/mol. The molecule has 0 aliphatic heterocycles. The van der Waals surface area contributed by atoms with Crippen molar-refractivity contribution in [1.29, 1.82) is 0 Å². The second-order valence-electron chi connectivity index (χ2n) is 6.07. The number of fused-ring (bicyclic) bond motifs is 1. The van der Waals surface area contributed by atoms with E-state index >= 15 is 0 Å².